The Kier molecular flexibility index (Phi) is 7.58. The molecule has 1 heterocycles. The molecule has 4 aromatic carbocycles. The molecule has 0 aliphatic carbocycles. The van der Waals surface area contributed by atoms with Crippen molar-refractivity contribution in [2.75, 3.05) is 19.8 Å². The first-order chi connectivity index (χ1) is 18.7. The molecule has 0 spiro atoms. The van der Waals surface area contributed by atoms with E-state index in [0.29, 0.717) is 23.3 Å². The van der Waals surface area contributed by atoms with Gasteiger partial charge in [-0.2, -0.15) is 0 Å². The summed E-state index contributed by atoms with van der Waals surface area (Å²) < 4.78 is 115. The maximum absolute atomic E-state index is 14.7. The van der Waals surface area contributed by atoms with E-state index in [1.54, 1.807) is 30.3 Å². The van der Waals surface area contributed by atoms with Gasteiger partial charge >= 0.3 is 0 Å². The minimum Gasteiger partial charge on any atom is -0.487 e. The van der Waals surface area contributed by atoms with E-state index < -0.39 is 69.8 Å². The van der Waals surface area contributed by atoms with E-state index in [2.05, 4.69) is 0 Å². The van der Waals surface area contributed by atoms with Crippen molar-refractivity contribution in [2.45, 2.75) is 6.29 Å². The van der Waals surface area contributed by atoms with E-state index in [1.165, 1.54) is 12.1 Å². The lowest BCUT2D eigenvalue weighted by molar-refractivity contribution is -0.209. The average Bonchev–Trinajstić information content (AvgIpc) is 2.91. The highest BCUT2D eigenvalue weighted by atomic mass is 19.2. The van der Waals surface area contributed by atoms with Crippen molar-refractivity contribution in [3.8, 4) is 28.0 Å². The zero-order chi connectivity index (χ0) is 27.7. The highest BCUT2D eigenvalue weighted by Gasteiger charge is 2.27. The molecule has 0 radical (unpaired) electrons. The molecule has 10 heteroatoms. The quantitative estimate of drug-likeness (QED) is 0.182. The zero-order valence-corrected chi connectivity index (χ0v) is 20.0. The van der Waals surface area contributed by atoms with Gasteiger partial charge in [0.05, 0.1) is 25.4 Å². The standard InChI is InChI=1S/C29H19F7O3/c30-20-10-19(11-21(31)26(20)18-8-22(32)27(36)23(33)9-18)29-38-13-15(14-39-29)12-37-28-24(34)6-17(7-25(28)35)16-4-2-1-3-5-16/h1-11,15,29H,12-14H2. The van der Waals surface area contributed by atoms with Gasteiger partial charge in [0.1, 0.15) is 11.6 Å². The second kappa shape index (κ2) is 11.1. The number of ether oxygens (including phenoxy) is 3. The van der Waals surface area contributed by atoms with Gasteiger partial charge in [-0.1, -0.05) is 30.3 Å². The molecule has 0 bridgehead atoms. The average molecular weight is 548 g/mol. The third-order valence-electron chi connectivity index (χ3n) is 6.14. The predicted octanol–water partition coefficient (Wildman–Crippen LogP) is 7.73. The van der Waals surface area contributed by atoms with Crippen LogP contribution in [0.15, 0.2) is 66.7 Å². The summed E-state index contributed by atoms with van der Waals surface area (Å²) in [6.45, 7) is -0.195. The zero-order valence-electron chi connectivity index (χ0n) is 20.0. The van der Waals surface area contributed by atoms with Crippen LogP contribution >= 0.6 is 0 Å². The fraction of sp³-hybridized carbons (Fsp3) is 0.172. The summed E-state index contributed by atoms with van der Waals surface area (Å²) in [6, 6.07) is 13.8. The number of rotatable bonds is 6. The second-order valence-corrected chi connectivity index (χ2v) is 8.92. The summed E-state index contributed by atoms with van der Waals surface area (Å²) in [5.74, 6) is -10.0. The van der Waals surface area contributed by atoms with Crippen LogP contribution in [0.4, 0.5) is 30.7 Å². The Bertz CT molecular complexity index is 1430. The van der Waals surface area contributed by atoms with Crippen LogP contribution in [0.2, 0.25) is 0 Å². The molecule has 202 valence electrons. The minimum absolute atomic E-state index is 0.0185. The molecular weight excluding hydrogens is 529 g/mol. The largest absolute Gasteiger partial charge is 0.487 e. The molecule has 1 saturated heterocycles. The van der Waals surface area contributed by atoms with E-state index in [4.69, 9.17) is 14.2 Å². The third-order valence-corrected chi connectivity index (χ3v) is 6.14. The highest BCUT2D eigenvalue weighted by Crippen LogP contribution is 2.34. The maximum Gasteiger partial charge on any atom is 0.194 e. The van der Waals surface area contributed by atoms with Crippen LogP contribution in [0.3, 0.4) is 0 Å². The molecule has 0 atom stereocenters. The van der Waals surface area contributed by atoms with Crippen molar-refractivity contribution < 1.29 is 44.9 Å². The van der Waals surface area contributed by atoms with Crippen molar-refractivity contribution in [2.24, 2.45) is 5.92 Å². The number of halogens is 7. The topological polar surface area (TPSA) is 27.7 Å². The third kappa shape index (κ3) is 5.62. The molecule has 0 saturated carbocycles. The van der Waals surface area contributed by atoms with Crippen LogP contribution in [-0.2, 0) is 9.47 Å². The van der Waals surface area contributed by atoms with Crippen molar-refractivity contribution in [3.63, 3.8) is 0 Å². The van der Waals surface area contributed by atoms with Crippen LogP contribution < -0.4 is 4.74 Å². The molecule has 3 nitrogen and oxygen atoms in total. The molecular formula is C29H19F7O3. The first-order valence-electron chi connectivity index (χ1n) is 11.8. The van der Waals surface area contributed by atoms with Gasteiger partial charge in [-0.05, 0) is 53.1 Å². The van der Waals surface area contributed by atoms with Gasteiger partial charge in [-0.15, -0.1) is 0 Å². The highest BCUT2D eigenvalue weighted by molar-refractivity contribution is 5.66. The first kappa shape index (κ1) is 26.7. The van der Waals surface area contributed by atoms with Crippen LogP contribution in [0.25, 0.3) is 22.3 Å². The summed E-state index contributed by atoms with van der Waals surface area (Å²) in [4.78, 5) is 0. The Morgan fingerprint density at radius 3 is 1.72 bits per heavy atom. The van der Waals surface area contributed by atoms with Gasteiger partial charge in [0, 0.05) is 11.5 Å². The second-order valence-electron chi connectivity index (χ2n) is 8.92. The molecule has 0 unspecified atom stereocenters. The van der Waals surface area contributed by atoms with Crippen LogP contribution in [0.5, 0.6) is 5.75 Å². The van der Waals surface area contributed by atoms with E-state index >= 15 is 0 Å². The summed E-state index contributed by atoms with van der Waals surface area (Å²) in [5, 5.41) is 0. The SMILES string of the molecule is Fc1cc(-c2c(F)cc(C3OCC(COc4c(F)cc(-c5ccccc5)cc4F)CO3)cc2F)cc(F)c1F. The first-order valence-corrected chi connectivity index (χ1v) is 11.8. The van der Waals surface area contributed by atoms with E-state index in [0.717, 1.165) is 12.1 Å². The summed E-state index contributed by atoms with van der Waals surface area (Å²) >= 11 is 0. The van der Waals surface area contributed by atoms with Gasteiger partial charge in [-0.3, -0.25) is 0 Å². The normalized spacial score (nSPS) is 17.3. The number of hydrogen-bond donors (Lipinski definition) is 0. The predicted molar refractivity (Wildman–Crippen MR) is 127 cm³/mol. The van der Waals surface area contributed by atoms with Gasteiger partial charge in [0.25, 0.3) is 0 Å². The molecule has 4 aromatic rings. The minimum atomic E-state index is -1.76. The fourth-order valence-corrected chi connectivity index (χ4v) is 4.23. The van der Waals surface area contributed by atoms with Crippen LogP contribution in [0.1, 0.15) is 11.9 Å². The molecule has 5 rings (SSSR count). The molecule has 1 fully saturated rings. The maximum atomic E-state index is 14.7. The molecule has 0 N–H and O–H groups in total. The Balaban J connectivity index is 1.23. The molecule has 1 aliphatic heterocycles. The van der Waals surface area contributed by atoms with Crippen molar-refractivity contribution >= 4 is 0 Å². The molecule has 0 aromatic heterocycles. The monoisotopic (exact) mass is 548 g/mol. The van der Waals surface area contributed by atoms with Crippen LogP contribution in [0, 0.1) is 46.6 Å². The Morgan fingerprint density at radius 1 is 0.615 bits per heavy atom. The fourth-order valence-electron chi connectivity index (χ4n) is 4.23. The molecule has 1 aliphatic rings. The van der Waals surface area contributed by atoms with Gasteiger partial charge < -0.3 is 14.2 Å². The summed E-state index contributed by atoms with van der Waals surface area (Å²) in [7, 11) is 0. The lowest BCUT2D eigenvalue weighted by Crippen LogP contribution is -2.31. The Labute approximate surface area is 218 Å². The van der Waals surface area contributed by atoms with Crippen LogP contribution in [-0.4, -0.2) is 19.8 Å². The Morgan fingerprint density at radius 2 is 1.15 bits per heavy atom. The van der Waals surface area contributed by atoms with E-state index in [1.807, 2.05) is 0 Å². The van der Waals surface area contributed by atoms with Crippen molar-refractivity contribution in [1.82, 2.24) is 0 Å². The number of hydrogen-bond acceptors (Lipinski definition) is 3. The number of benzene rings is 4. The summed E-state index contributed by atoms with van der Waals surface area (Å²) in [6.07, 6.45) is -1.18. The van der Waals surface area contributed by atoms with Gasteiger partial charge in [0.2, 0.25) is 0 Å². The lowest BCUT2D eigenvalue weighted by atomic mass is 10.0. The van der Waals surface area contributed by atoms with Gasteiger partial charge in [-0.25, -0.2) is 30.7 Å². The van der Waals surface area contributed by atoms with Crippen molar-refractivity contribution in [1.29, 1.82) is 0 Å². The van der Waals surface area contributed by atoms with E-state index in [9.17, 15) is 30.7 Å². The Hall–Kier alpha value is -3.89. The lowest BCUT2D eigenvalue weighted by Gasteiger charge is -2.29. The molecule has 39 heavy (non-hydrogen) atoms. The smallest absolute Gasteiger partial charge is 0.194 e. The molecule has 0 amide bonds. The van der Waals surface area contributed by atoms with E-state index in [-0.39, 0.29) is 25.4 Å². The van der Waals surface area contributed by atoms with Gasteiger partial charge in [0.15, 0.2) is 41.1 Å². The summed E-state index contributed by atoms with van der Waals surface area (Å²) in [5.41, 5.74) is -0.331. The van der Waals surface area contributed by atoms with Crippen molar-refractivity contribution in [3.05, 3.63) is 113 Å².